The van der Waals surface area contributed by atoms with Crippen LogP contribution in [0.5, 0.6) is 5.75 Å². The minimum atomic E-state index is -4.25. The Bertz CT molecular complexity index is 1370. The molecule has 0 spiro atoms. The summed E-state index contributed by atoms with van der Waals surface area (Å²) >= 11 is 0. The SMILES string of the molecule is Cc1nc(N(C)C)c2ncn([C@@H]3O[C@H](COP(=O)(N[C@H](C)C(=O)OC(C)C)Oc4ccccc4)[C@@H](O)[C@@H]3F)c2n1. The third-order valence-electron chi connectivity index (χ3n) is 5.94. The van der Waals surface area contributed by atoms with Gasteiger partial charge in [0.05, 0.1) is 19.0 Å². The van der Waals surface area contributed by atoms with Gasteiger partial charge in [-0.2, -0.15) is 5.09 Å². The van der Waals surface area contributed by atoms with E-state index in [1.165, 1.54) is 17.8 Å². The second-order valence-electron chi connectivity index (χ2n) is 9.85. The van der Waals surface area contributed by atoms with E-state index >= 15 is 4.39 Å². The lowest BCUT2D eigenvalue weighted by Gasteiger charge is -2.25. The van der Waals surface area contributed by atoms with Gasteiger partial charge in [0.25, 0.3) is 0 Å². The number of nitrogens with one attached hydrogen (secondary N) is 1. The van der Waals surface area contributed by atoms with E-state index < -0.39 is 57.1 Å². The number of halogens is 1. The highest BCUT2D eigenvalue weighted by atomic mass is 31.2. The molecule has 15 heteroatoms. The van der Waals surface area contributed by atoms with E-state index in [2.05, 4.69) is 20.0 Å². The first-order valence-electron chi connectivity index (χ1n) is 12.7. The van der Waals surface area contributed by atoms with Gasteiger partial charge in [0, 0.05) is 14.1 Å². The molecule has 1 aromatic carbocycles. The average molecular weight is 581 g/mol. The number of para-hydroxylation sites is 1. The summed E-state index contributed by atoms with van der Waals surface area (Å²) in [4.78, 5) is 27.2. The quantitative estimate of drug-likeness (QED) is 0.254. The van der Waals surface area contributed by atoms with E-state index in [0.29, 0.717) is 22.8 Å². The maximum Gasteiger partial charge on any atom is 0.459 e. The lowest BCUT2D eigenvalue weighted by atomic mass is 10.1. The van der Waals surface area contributed by atoms with Crippen molar-refractivity contribution >= 4 is 30.7 Å². The molecule has 3 heterocycles. The fraction of sp³-hybridized carbons (Fsp3) is 0.520. The van der Waals surface area contributed by atoms with Gasteiger partial charge < -0.3 is 24.0 Å². The lowest BCUT2D eigenvalue weighted by Crippen LogP contribution is -2.37. The van der Waals surface area contributed by atoms with Crippen molar-refractivity contribution in [3.63, 3.8) is 0 Å². The second kappa shape index (κ2) is 12.1. The number of carbonyl (C=O) groups is 1. The number of fused-ring (bicyclic) bond motifs is 1. The van der Waals surface area contributed by atoms with Crippen molar-refractivity contribution in [2.75, 3.05) is 25.6 Å². The molecule has 2 aromatic heterocycles. The second-order valence-corrected chi connectivity index (χ2v) is 11.5. The van der Waals surface area contributed by atoms with Crippen LogP contribution in [0, 0.1) is 6.92 Å². The van der Waals surface area contributed by atoms with Crippen molar-refractivity contribution in [1.29, 1.82) is 0 Å². The van der Waals surface area contributed by atoms with Crippen LogP contribution in [0.1, 0.15) is 32.8 Å². The number of carbonyl (C=O) groups excluding carboxylic acids is 1. The Hall–Kier alpha value is -3.16. The first kappa shape index (κ1) is 29.8. The number of aliphatic hydroxyl groups is 1. The number of benzene rings is 1. The van der Waals surface area contributed by atoms with Crippen LogP contribution >= 0.6 is 7.75 Å². The van der Waals surface area contributed by atoms with Crippen LogP contribution in [0.15, 0.2) is 36.7 Å². The van der Waals surface area contributed by atoms with Crippen molar-refractivity contribution < 1.29 is 37.4 Å². The Morgan fingerprint density at radius 2 is 1.95 bits per heavy atom. The van der Waals surface area contributed by atoms with Gasteiger partial charge in [0.2, 0.25) is 0 Å². The van der Waals surface area contributed by atoms with Crippen LogP contribution in [0.25, 0.3) is 11.2 Å². The molecule has 3 aromatic rings. The number of hydrogen-bond donors (Lipinski definition) is 2. The molecule has 6 atom stereocenters. The maximum atomic E-state index is 15.4. The average Bonchev–Trinajstić information content (AvgIpc) is 3.42. The van der Waals surface area contributed by atoms with E-state index in [1.807, 2.05) is 0 Å². The predicted octanol–water partition coefficient (Wildman–Crippen LogP) is 2.93. The van der Waals surface area contributed by atoms with E-state index in [4.69, 9.17) is 18.5 Å². The number of imidazole rings is 1. The van der Waals surface area contributed by atoms with Gasteiger partial charge in [0.1, 0.15) is 29.8 Å². The Balaban J connectivity index is 1.53. The van der Waals surface area contributed by atoms with Crippen molar-refractivity contribution in [2.24, 2.45) is 0 Å². The van der Waals surface area contributed by atoms with Gasteiger partial charge in [-0.1, -0.05) is 18.2 Å². The predicted molar refractivity (Wildman–Crippen MR) is 144 cm³/mol. The maximum absolute atomic E-state index is 15.4. The molecule has 4 rings (SSSR count). The summed E-state index contributed by atoms with van der Waals surface area (Å²) in [7, 11) is -0.646. The fourth-order valence-electron chi connectivity index (χ4n) is 4.08. The Labute approximate surface area is 231 Å². The minimum absolute atomic E-state index is 0.202. The molecule has 0 radical (unpaired) electrons. The van der Waals surface area contributed by atoms with Gasteiger partial charge >= 0.3 is 13.7 Å². The lowest BCUT2D eigenvalue weighted by molar-refractivity contribution is -0.149. The number of aliphatic hydroxyl groups excluding tert-OH is 1. The highest BCUT2D eigenvalue weighted by Crippen LogP contribution is 2.46. The van der Waals surface area contributed by atoms with Crippen LogP contribution in [0.3, 0.4) is 0 Å². The molecule has 1 unspecified atom stereocenters. The summed E-state index contributed by atoms with van der Waals surface area (Å²) in [6, 6.07) is 7.12. The Morgan fingerprint density at radius 3 is 2.60 bits per heavy atom. The van der Waals surface area contributed by atoms with Gasteiger partial charge in [-0.25, -0.2) is 23.9 Å². The summed E-state index contributed by atoms with van der Waals surface area (Å²) in [6.07, 6.45) is -5.07. The van der Waals surface area contributed by atoms with Crippen LogP contribution in [-0.4, -0.2) is 81.8 Å². The van der Waals surface area contributed by atoms with E-state index in [9.17, 15) is 14.5 Å². The molecule has 0 amide bonds. The summed E-state index contributed by atoms with van der Waals surface area (Å²) < 4.78 is 52.7. The molecular weight excluding hydrogens is 546 g/mol. The normalized spacial score (nSPS) is 23.2. The summed E-state index contributed by atoms with van der Waals surface area (Å²) in [5, 5.41) is 13.2. The molecule has 0 aliphatic carbocycles. The molecule has 1 aliphatic heterocycles. The monoisotopic (exact) mass is 580 g/mol. The molecule has 0 bridgehead atoms. The zero-order valence-corrected chi connectivity index (χ0v) is 24.0. The number of nitrogens with zero attached hydrogens (tertiary/aromatic N) is 5. The molecule has 0 saturated carbocycles. The number of rotatable bonds is 11. The molecule has 1 aliphatic rings. The minimum Gasteiger partial charge on any atom is -0.462 e. The third-order valence-corrected chi connectivity index (χ3v) is 7.58. The molecule has 1 fully saturated rings. The number of hydrogen-bond acceptors (Lipinski definition) is 11. The highest BCUT2D eigenvalue weighted by Gasteiger charge is 2.47. The van der Waals surface area contributed by atoms with Gasteiger partial charge in [-0.3, -0.25) is 13.9 Å². The topological polar surface area (TPSA) is 150 Å². The molecule has 2 N–H and O–H groups in total. The smallest absolute Gasteiger partial charge is 0.459 e. The molecular formula is C25H34FN6O7P. The summed E-state index contributed by atoms with van der Waals surface area (Å²) in [5.74, 6) is 0.527. The van der Waals surface area contributed by atoms with Crippen LogP contribution in [0.4, 0.5) is 10.2 Å². The number of aryl methyl sites for hydroxylation is 1. The van der Waals surface area contributed by atoms with E-state index in [1.54, 1.807) is 70.1 Å². The first-order valence-corrected chi connectivity index (χ1v) is 14.3. The van der Waals surface area contributed by atoms with Gasteiger partial charge in [-0.15, -0.1) is 0 Å². The van der Waals surface area contributed by atoms with Crippen LogP contribution in [0.2, 0.25) is 0 Å². The van der Waals surface area contributed by atoms with Crippen LogP contribution < -0.4 is 14.5 Å². The zero-order valence-electron chi connectivity index (χ0n) is 23.1. The number of anilines is 1. The summed E-state index contributed by atoms with van der Waals surface area (Å²) in [5.41, 5.74) is 0.766. The zero-order chi connectivity index (χ0) is 29.2. The standard InChI is InChI=1S/C25H34FN6O7P/c1-14(2)37-25(34)15(3)30-40(35,39-17-10-8-7-9-11-17)36-12-18-21(33)19(26)24(38-18)32-13-27-20-22(31(5)6)28-16(4)29-23(20)32/h7-11,13-15,18-19,21,24,33H,12H2,1-6H3,(H,30,35)/t15-,18-,19+,21-,24-,40?/m1/s1. The Kier molecular flexibility index (Phi) is 9.06. The van der Waals surface area contributed by atoms with Crippen LogP contribution in [-0.2, 0) is 23.4 Å². The third kappa shape index (κ3) is 6.58. The van der Waals surface area contributed by atoms with E-state index in [0.717, 1.165) is 0 Å². The van der Waals surface area contributed by atoms with Crippen molar-refractivity contribution in [2.45, 2.75) is 64.4 Å². The Morgan fingerprint density at radius 1 is 1.25 bits per heavy atom. The largest absolute Gasteiger partial charge is 0.462 e. The molecule has 1 saturated heterocycles. The molecule has 218 valence electrons. The van der Waals surface area contributed by atoms with Crippen molar-refractivity contribution in [3.8, 4) is 5.75 Å². The number of alkyl halides is 1. The van der Waals surface area contributed by atoms with E-state index in [-0.39, 0.29) is 5.75 Å². The van der Waals surface area contributed by atoms with Crippen molar-refractivity contribution in [1.82, 2.24) is 24.6 Å². The first-order chi connectivity index (χ1) is 18.9. The number of ether oxygens (including phenoxy) is 2. The van der Waals surface area contributed by atoms with Gasteiger partial charge in [0.15, 0.2) is 29.4 Å². The van der Waals surface area contributed by atoms with Crippen molar-refractivity contribution in [3.05, 3.63) is 42.5 Å². The van der Waals surface area contributed by atoms with Gasteiger partial charge in [-0.05, 0) is 39.8 Å². The summed E-state index contributed by atoms with van der Waals surface area (Å²) in [6.45, 7) is 5.99. The highest BCUT2D eigenvalue weighted by molar-refractivity contribution is 7.52. The number of esters is 1. The molecule has 40 heavy (non-hydrogen) atoms. The number of aromatic nitrogens is 4. The fourth-order valence-corrected chi connectivity index (χ4v) is 5.58. The molecule has 13 nitrogen and oxygen atoms in total.